The lowest BCUT2D eigenvalue weighted by Crippen LogP contribution is -2.25. The van der Waals surface area contributed by atoms with Gasteiger partial charge in [0.1, 0.15) is 0 Å². The van der Waals surface area contributed by atoms with Crippen LogP contribution in [0.3, 0.4) is 0 Å². The Balaban J connectivity index is 2.13. The van der Waals surface area contributed by atoms with Crippen LogP contribution in [-0.4, -0.2) is 27.8 Å². The van der Waals surface area contributed by atoms with Crippen molar-refractivity contribution < 1.29 is 13.2 Å². The Morgan fingerprint density at radius 1 is 1.27 bits per heavy atom. The Labute approximate surface area is 90.3 Å². The average Bonchev–Trinajstić information content (AvgIpc) is 2.17. The van der Waals surface area contributed by atoms with E-state index in [-0.39, 0.29) is 0 Å². The number of hydrogen-bond donors (Lipinski definition) is 1. The van der Waals surface area contributed by atoms with Gasteiger partial charge in [0.15, 0.2) is 0 Å². The molecule has 0 atom stereocenters. The highest BCUT2D eigenvalue weighted by Crippen LogP contribution is 1.99. The van der Waals surface area contributed by atoms with E-state index in [1.807, 2.05) is 30.3 Å². The molecule has 15 heavy (non-hydrogen) atoms. The first kappa shape index (κ1) is 12.2. The van der Waals surface area contributed by atoms with Crippen LogP contribution >= 0.6 is 0 Å². The molecule has 0 saturated carbocycles. The second kappa shape index (κ2) is 5.85. The molecule has 0 amide bonds. The molecule has 0 saturated heterocycles. The van der Waals surface area contributed by atoms with Crippen molar-refractivity contribution in [3.05, 3.63) is 35.9 Å². The molecule has 5 heteroatoms. The molecule has 1 N–H and O–H groups in total. The van der Waals surface area contributed by atoms with Gasteiger partial charge < -0.3 is 4.74 Å². The minimum atomic E-state index is -3.10. The zero-order valence-corrected chi connectivity index (χ0v) is 9.46. The summed E-state index contributed by atoms with van der Waals surface area (Å²) in [4.78, 5) is 0. The van der Waals surface area contributed by atoms with Crippen LogP contribution in [0.4, 0.5) is 0 Å². The SMILES string of the molecule is CS(=O)(=O)NCCOCc1ccccc1. The molecule has 1 rings (SSSR count). The molecule has 0 aromatic heterocycles. The first-order chi connectivity index (χ1) is 7.08. The number of rotatable bonds is 6. The van der Waals surface area contributed by atoms with Gasteiger partial charge in [-0.1, -0.05) is 30.3 Å². The third kappa shape index (κ3) is 6.22. The highest BCUT2D eigenvalue weighted by Gasteiger charge is 1.98. The van der Waals surface area contributed by atoms with Crippen LogP contribution in [0, 0.1) is 0 Å². The fourth-order valence-electron chi connectivity index (χ4n) is 1.06. The van der Waals surface area contributed by atoms with E-state index in [4.69, 9.17) is 4.74 Å². The van der Waals surface area contributed by atoms with Gasteiger partial charge >= 0.3 is 0 Å². The second-order valence-electron chi connectivity index (χ2n) is 3.20. The van der Waals surface area contributed by atoms with Crippen LogP contribution in [-0.2, 0) is 21.4 Å². The van der Waals surface area contributed by atoms with Crippen molar-refractivity contribution in [2.24, 2.45) is 0 Å². The van der Waals surface area contributed by atoms with E-state index >= 15 is 0 Å². The summed E-state index contributed by atoms with van der Waals surface area (Å²) in [5.41, 5.74) is 1.08. The molecule has 0 aliphatic rings. The number of sulfonamides is 1. The molecule has 0 spiro atoms. The van der Waals surface area contributed by atoms with Crippen molar-refractivity contribution in [2.45, 2.75) is 6.61 Å². The molecule has 1 aromatic carbocycles. The van der Waals surface area contributed by atoms with Gasteiger partial charge in [-0.15, -0.1) is 0 Å². The number of nitrogens with one attached hydrogen (secondary N) is 1. The van der Waals surface area contributed by atoms with E-state index in [2.05, 4.69) is 4.72 Å². The van der Waals surface area contributed by atoms with Crippen molar-refractivity contribution in [1.29, 1.82) is 0 Å². The zero-order valence-electron chi connectivity index (χ0n) is 8.64. The lowest BCUT2D eigenvalue weighted by molar-refractivity contribution is 0.126. The standard InChI is InChI=1S/C10H15NO3S/c1-15(12,13)11-7-8-14-9-10-5-3-2-4-6-10/h2-6,11H,7-9H2,1H3. The topological polar surface area (TPSA) is 55.4 Å². The van der Waals surface area contributed by atoms with Crippen molar-refractivity contribution in [3.8, 4) is 0 Å². The minimum Gasteiger partial charge on any atom is -0.375 e. The summed E-state index contributed by atoms with van der Waals surface area (Å²) in [6, 6.07) is 9.74. The molecule has 1 aromatic rings. The lowest BCUT2D eigenvalue weighted by atomic mass is 10.2. The quantitative estimate of drug-likeness (QED) is 0.732. The van der Waals surface area contributed by atoms with Crippen molar-refractivity contribution in [3.63, 3.8) is 0 Å². The van der Waals surface area contributed by atoms with Gasteiger partial charge in [-0.25, -0.2) is 13.1 Å². The van der Waals surface area contributed by atoms with E-state index in [0.717, 1.165) is 11.8 Å². The fourth-order valence-corrected chi connectivity index (χ4v) is 1.52. The van der Waals surface area contributed by atoms with Crippen LogP contribution in [0.5, 0.6) is 0 Å². The van der Waals surface area contributed by atoms with Gasteiger partial charge in [-0.3, -0.25) is 0 Å². The first-order valence-electron chi connectivity index (χ1n) is 4.64. The summed E-state index contributed by atoms with van der Waals surface area (Å²) in [7, 11) is -3.10. The lowest BCUT2D eigenvalue weighted by Gasteiger charge is -2.04. The maximum Gasteiger partial charge on any atom is 0.208 e. The van der Waals surface area contributed by atoms with Gasteiger partial charge in [0.05, 0.1) is 19.5 Å². The molecule has 0 unspecified atom stereocenters. The van der Waals surface area contributed by atoms with Gasteiger partial charge in [0.2, 0.25) is 10.0 Å². The first-order valence-corrected chi connectivity index (χ1v) is 6.53. The van der Waals surface area contributed by atoms with Crippen LogP contribution in [0.1, 0.15) is 5.56 Å². The molecule has 0 fully saturated rings. The third-order valence-corrected chi connectivity index (χ3v) is 2.45. The molecule has 0 bridgehead atoms. The van der Waals surface area contributed by atoms with Crippen LogP contribution in [0.2, 0.25) is 0 Å². The van der Waals surface area contributed by atoms with Gasteiger partial charge in [0, 0.05) is 6.54 Å². The van der Waals surface area contributed by atoms with Crippen molar-refractivity contribution in [1.82, 2.24) is 4.72 Å². The Morgan fingerprint density at radius 2 is 1.93 bits per heavy atom. The average molecular weight is 229 g/mol. The summed E-state index contributed by atoms with van der Waals surface area (Å²) < 4.78 is 29.0. The monoisotopic (exact) mass is 229 g/mol. The van der Waals surface area contributed by atoms with E-state index in [1.165, 1.54) is 0 Å². The predicted octanol–water partition coefficient (Wildman–Crippen LogP) is 0.752. The van der Waals surface area contributed by atoms with Crippen LogP contribution < -0.4 is 4.72 Å². The Kier molecular flexibility index (Phi) is 4.74. The Hall–Kier alpha value is -0.910. The maximum atomic E-state index is 10.7. The molecule has 84 valence electrons. The zero-order chi connectivity index (χ0) is 11.1. The van der Waals surface area contributed by atoms with E-state index in [1.54, 1.807) is 0 Å². The van der Waals surface area contributed by atoms with Gasteiger partial charge in [-0.2, -0.15) is 0 Å². The predicted molar refractivity (Wildman–Crippen MR) is 58.9 cm³/mol. The highest BCUT2D eigenvalue weighted by molar-refractivity contribution is 7.88. The summed E-state index contributed by atoms with van der Waals surface area (Å²) in [6.45, 7) is 1.19. The Bertz CT molecular complexity index is 375. The number of ether oxygens (including phenoxy) is 1. The largest absolute Gasteiger partial charge is 0.375 e. The smallest absolute Gasteiger partial charge is 0.208 e. The summed E-state index contributed by atoms with van der Waals surface area (Å²) in [5, 5.41) is 0. The van der Waals surface area contributed by atoms with Crippen LogP contribution in [0.15, 0.2) is 30.3 Å². The molecule has 0 aliphatic heterocycles. The van der Waals surface area contributed by atoms with E-state index < -0.39 is 10.0 Å². The minimum absolute atomic E-state index is 0.311. The van der Waals surface area contributed by atoms with Crippen LogP contribution in [0.25, 0.3) is 0 Å². The summed E-state index contributed by atoms with van der Waals surface area (Å²) in [5.74, 6) is 0. The fraction of sp³-hybridized carbons (Fsp3) is 0.400. The molecule has 0 radical (unpaired) electrons. The highest BCUT2D eigenvalue weighted by atomic mass is 32.2. The van der Waals surface area contributed by atoms with Crippen molar-refractivity contribution in [2.75, 3.05) is 19.4 Å². The Morgan fingerprint density at radius 3 is 2.53 bits per heavy atom. The molecule has 0 aliphatic carbocycles. The third-order valence-electron chi connectivity index (χ3n) is 1.72. The van der Waals surface area contributed by atoms with Crippen molar-refractivity contribution >= 4 is 10.0 Å². The summed E-state index contributed by atoms with van der Waals surface area (Å²) in [6.07, 6.45) is 1.13. The molecule has 4 nitrogen and oxygen atoms in total. The maximum absolute atomic E-state index is 10.7. The number of benzene rings is 1. The molecule has 0 heterocycles. The molecular weight excluding hydrogens is 214 g/mol. The number of hydrogen-bond acceptors (Lipinski definition) is 3. The van der Waals surface area contributed by atoms with Gasteiger partial charge in [0.25, 0.3) is 0 Å². The summed E-state index contributed by atoms with van der Waals surface area (Å²) >= 11 is 0. The molecular formula is C10H15NO3S. The van der Waals surface area contributed by atoms with E-state index in [9.17, 15) is 8.42 Å². The second-order valence-corrected chi connectivity index (χ2v) is 5.04. The normalized spacial score (nSPS) is 11.5. The van der Waals surface area contributed by atoms with E-state index in [0.29, 0.717) is 19.8 Å². The van der Waals surface area contributed by atoms with Gasteiger partial charge in [-0.05, 0) is 5.56 Å².